The number of sulfonamides is 1. The summed E-state index contributed by atoms with van der Waals surface area (Å²) in [7, 11) is -3.90. The second-order valence-corrected chi connectivity index (χ2v) is 12.4. The molecule has 1 unspecified atom stereocenters. The second kappa shape index (κ2) is 11.9. The fraction of sp³-hybridized carbons (Fsp3) is 0.333. The summed E-state index contributed by atoms with van der Waals surface area (Å²) >= 11 is 0. The Morgan fingerprint density at radius 1 is 0.949 bits per heavy atom. The van der Waals surface area contributed by atoms with Crippen molar-refractivity contribution in [1.29, 1.82) is 0 Å². The Morgan fingerprint density at radius 2 is 1.62 bits per heavy atom. The third-order valence-electron chi connectivity index (χ3n) is 6.34. The highest BCUT2D eigenvalue weighted by Gasteiger charge is 2.35. The molecule has 0 radical (unpaired) electrons. The normalized spacial score (nSPS) is 15.9. The molecule has 8 nitrogen and oxygen atoms in total. The summed E-state index contributed by atoms with van der Waals surface area (Å²) in [4.78, 5) is 27.8. The Morgan fingerprint density at radius 3 is 2.28 bits per heavy atom. The molecular weight excluding hydrogens is 514 g/mol. The van der Waals surface area contributed by atoms with E-state index in [0.29, 0.717) is 24.3 Å². The number of nitrogens with one attached hydrogen (secondary N) is 1. The van der Waals surface area contributed by atoms with Gasteiger partial charge in [-0.1, -0.05) is 54.6 Å². The SMILES string of the molecule is CC(C)(C)OC(=O)N1CCCCC1C(=O)Nc1cccc(N(Cc2ccccc2)S(=O)(=O)c2ccccc2)c1. The fourth-order valence-corrected chi connectivity index (χ4v) is 5.96. The van der Waals surface area contributed by atoms with Gasteiger partial charge >= 0.3 is 6.09 Å². The van der Waals surface area contributed by atoms with E-state index >= 15 is 0 Å². The number of hydrogen-bond acceptors (Lipinski definition) is 5. The Bertz CT molecular complexity index is 1390. The van der Waals surface area contributed by atoms with Crippen molar-refractivity contribution in [3.8, 4) is 0 Å². The van der Waals surface area contributed by atoms with Crippen LogP contribution in [-0.4, -0.2) is 43.5 Å². The standard InChI is InChI=1S/C30H35N3O5S/c1-30(2,3)38-29(35)32-20-11-10-19-27(32)28(34)31-24-15-12-16-25(21-24)33(22-23-13-6-4-7-14-23)39(36,37)26-17-8-5-9-18-26/h4-9,12-18,21,27H,10-11,19-20,22H2,1-3H3,(H,31,34). The Hall–Kier alpha value is -3.85. The number of hydrogen-bond donors (Lipinski definition) is 1. The number of rotatable bonds is 7. The van der Waals surface area contributed by atoms with Crippen LogP contribution in [0.15, 0.2) is 89.8 Å². The van der Waals surface area contributed by atoms with Gasteiger partial charge in [-0.2, -0.15) is 0 Å². The van der Waals surface area contributed by atoms with Crippen LogP contribution in [0.3, 0.4) is 0 Å². The lowest BCUT2D eigenvalue weighted by molar-refractivity contribution is -0.122. The van der Waals surface area contributed by atoms with E-state index in [1.165, 1.54) is 9.21 Å². The zero-order valence-corrected chi connectivity index (χ0v) is 23.4. The molecule has 0 saturated carbocycles. The van der Waals surface area contributed by atoms with Crippen molar-refractivity contribution in [2.75, 3.05) is 16.2 Å². The van der Waals surface area contributed by atoms with Crippen molar-refractivity contribution in [2.24, 2.45) is 0 Å². The van der Waals surface area contributed by atoms with E-state index in [9.17, 15) is 18.0 Å². The van der Waals surface area contributed by atoms with Gasteiger partial charge in [-0.05, 0) is 75.9 Å². The topological polar surface area (TPSA) is 96.0 Å². The molecule has 9 heteroatoms. The molecule has 0 spiro atoms. The van der Waals surface area contributed by atoms with Gasteiger partial charge in [0.1, 0.15) is 11.6 Å². The highest BCUT2D eigenvalue weighted by Crippen LogP contribution is 2.29. The molecule has 1 atom stereocenters. The molecule has 3 aromatic carbocycles. The van der Waals surface area contributed by atoms with Gasteiger partial charge in [-0.15, -0.1) is 0 Å². The van der Waals surface area contributed by atoms with Gasteiger partial charge in [0.05, 0.1) is 17.1 Å². The van der Waals surface area contributed by atoms with Crippen LogP contribution >= 0.6 is 0 Å². The van der Waals surface area contributed by atoms with Crippen molar-refractivity contribution < 1.29 is 22.7 Å². The van der Waals surface area contributed by atoms with E-state index in [0.717, 1.165) is 18.4 Å². The molecule has 4 rings (SSSR count). The molecule has 0 aromatic heterocycles. The van der Waals surface area contributed by atoms with E-state index < -0.39 is 27.8 Å². The predicted molar refractivity (Wildman–Crippen MR) is 152 cm³/mol. The zero-order chi connectivity index (χ0) is 28.0. The molecule has 1 N–H and O–H groups in total. The lowest BCUT2D eigenvalue weighted by atomic mass is 10.0. The number of ether oxygens (including phenoxy) is 1. The summed E-state index contributed by atoms with van der Waals surface area (Å²) < 4.78 is 34.3. The first-order chi connectivity index (χ1) is 18.5. The molecule has 0 bridgehead atoms. The van der Waals surface area contributed by atoms with Gasteiger partial charge in [0, 0.05) is 12.2 Å². The minimum Gasteiger partial charge on any atom is -0.444 e. The van der Waals surface area contributed by atoms with Crippen LogP contribution in [-0.2, 0) is 26.1 Å². The number of piperidine rings is 1. The van der Waals surface area contributed by atoms with Gasteiger partial charge in [-0.3, -0.25) is 14.0 Å². The second-order valence-electron chi connectivity index (χ2n) is 10.5. The van der Waals surface area contributed by atoms with Gasteiger partial charge in [0.2, 0.25) is 5.91 Å². The fourth-order valence-electron chi connectivity index (χ4n) is 4.49. The van der Waals surface area contributed by atoms with Gasteiger partial charge in [0.25, 0.3) is 10.0 Å². The Labute approximate surface area is 230 Å². The molecule has 0 aliphatic carbocycles. The number of carbonyl (C=O) groups excluding carboxylic acids is 2. The number of nitrogens with zero attached hydrogens (tertiary/aromatic N) is 2. The summed E-state index contributed by atoms with van der Waals surface area (Å²) in [5.74, 6) is -0.335. The minimum absolute atomic E-state index is 0.116. The Balaban J connectivity index is 1.61. The van der Waals surface area contributed by atoms with Gasteiger partial charge in [0.15, 0.2) is 0 Å². The van der Waals surface area contributed by atoms with E-state index in [4.69, 9.17) is 4.74 Å². The maximum Gasteiger partial charge on any atom is 0.410 e. The largest absolute Gasteiger partial charge is 0.444 e. The van der Waals surface area contributed by atoms with Crippen molar-refractivity contribution in [3.05, 3.63) is 90.5 Å². The van der Waals surface area contributed by atoms with Gasteiger partial charge < -0.3 is 10.1 Å². The molecule has 1 fully saturated rings. The Kier molecular flexibility index (Phi) is 8.60. The lowest BCUT2D eigenvalue weighted by Gasteiger charge is -2.35. The van der Waals surface area contributed by atoms with Crippen LogP contribution in [0.25, 0.3) is 0 Å². The lowest BCUT2D eigenvalue weighted by Crippen LogP contribution is -2.51. The van der Waals surface area contributed by atoms with E-state index in [-0.39, 0.29) is 17.3 Å². The van der Waals surface area contributed by atoms with Crippen LogP contribution in [0.1, 0.15) is 45.6 Å². The van der Waals surface area contributed by atoms with Crippen molar-refractivity contribution >= 4 is 33.4 Å². The highest BCUT2D eigenvalue weighted by atomic mass is 32.2. The van der Waals surface area contributed by atoms with Crippen molar-refractivity contribution in [3.63, 3.8) is 0 Å². The van der Waals surface area contributed by atoms with Crippen LogP contribution in [0.5, 0.6) is 0 Å². The number of carbonyl (C=O) groups is 2. The summed E-state index contributed by atoms with van der Waals surface area (Å²) in [5.41, 5.74) is 0.999. The number of likely N-dealkylation sites (tertiary alicyclic amines) is 1. The first-order valence-corrected chi connectivity index (χ1v) is 14.5. The van der Waals surface area contributed by atoms with Crippen LogP contribution in [0.4, 0.5) is 16.2 Å². The third kappa shape index (κ3) is 7.17. The number of benzene rings is 3. The smallest absolute Gasteiger partial charge is 0.410 e. The maximum atomic E-state index is 13.7. The third-order valence-corrected chi connectivity index (χ3v) is 8.12. The summed E-state index contributed by atoms with van der Waals surface area (Å²) in [6, 6.07) is 23.7. The first kappa shape index (κ1) is 28.2. The van der Waals surface area contributed by atoms with Crippen molar-refractivity contribution in [1.82, 2.24) is 4.90 Å². The van der Waals surface area contributed by atoms with Crippen molar-refractivity contribution in [2.45, 2.75) is 63.1 Å². The summed E-state index contributed by atoms with van der Waals surface area (Å²) in [6.45, 7) is 5.93. The van der Waals surface area contributed by atoms with Crippen LogP contribution in [0, 0.1) is 0 Å². The van der Waals surface area contributed by atoms with Crippen LogP contribution in [0.2, 0.25) is 0 Å². The molecule has 3 aromatic rings. The molecular formula is C30H35N3O5S. The van der Waals surface area contributed by atoms with E-state index in [2.05, 4.69) is 5.32 Å². The van der Waals surface area contributed by atoms with E-state index in [1.807, 2.05) is 30.3 Å². The zero-order valence-electron chi connectivity index (χ0n) is 22.5. The molecule has 1 aliphatic rings. The number of anilines is 2. The molecule has 39 heavy (non-hydrogen) atoms. The minimum atomic E-state index is -3.90. The summed E-state index contributed by atoms with van der Waals surface area (Å²) in [6.07, 6.45) is 1.62. The molecule has 2 amide bonds. The molecule has 1 saturated heterocycles. The van der Waals surface area contributed by atoms with Gasteiger partial charge in [-0.25, -0.2) is 13.2 Å². The average molecular weight is 550 g/mol. The first-order valence-electron chi connectivity index (χ1n) is 13.1. The monoisotopic (exact) mass is 549 g/mol. The quantitative estimate of drug-likeness (QED) is 0.401. The molecule has 206 valence electrons. The summed E-state index contributed by atoms with van der Waals surface area (Å²) in [5, 5.41) is 2.90. The molecule has 1 aliphatic heterocycles. The highest BCUT2D eigenvalue weighted by molar-refractivity contribution is 7.92. The predicted octanol–water partition coefficient (Wildman–Crippen LogP) is 5.81. The van der Waals surface area contributed by atoms with Crippen LogP contribution < -0.4 is 9.62 Å². The molecule has 1 heterocycles. The number of amides is 2. The van der Waals surface area contributed by atoms with E-state index in [1.54, 1.807) is 75.4 Å². The maximum absolute atomic E-state index is 13.7. The average Bonchev–Trinajstić information content (AvgIpc) is 2.92.